The van der Waals surface area contributed by atoms with Gasteiger partial charge in [0.05, 0.1) is 12.8 Å². The highest BCUT2D eigenvalue weighted by Gasteiger charge is 2.09. The molecule has 1 aromatic rings. The van der Waals surface area contributed by atoms with Gasteiger partial charge in [0.1, 0.15) is 0 Å². The first-order chi connectivity index (χ1) is 7.69. The Morgan fingerprint density at radius 1 is 1.62 bits per heavy atom. The lowest BCUT2D eigenvalue weighted by Gasteiger charge is -2.16. The van der Waals surface area contributed by atoms with Crippen LogP contribution in [0.1, 0.15) is 17.7 Å². The van der Waals surface area contributed by atoms with Crippen LogP contribution in [0.5, 0.6) is 0 Å². The van der Waals surface area contributed by atoms with Gasteiger partial charge in [-0.1, -0.05) is 0 Å². The molecule has 1 heterocycles. The second-order valence-electron chi connectivity index (χ2n) is 3.92. The molecule has 0 aliphatic carbocycles. The molecule has 0 aromatic carbocycles. The molecule has 0 aliphatic heterocycles. The van der Waals surface area contributed by atoms with Crippen LogP contribution in [0.3, 0.4) is 0 Å². The van der Waals surface area contributed by atoms with Crippen LogP contribution in [0.15, 0.2) is 6.20 Å². The predicted molar refractivity (Wildman–Crippen MR) is 62.2 cm³/mol. The lowest BCUT2D eigenvalue weighted by Crippen LogP contribution is -2.33. The molecule has 0 saturated heterocycles. The molecule has 0 aliphatic rings. The Kier molecular flexibility index (Phi) is 5.45. The lowest BCUT2D eigenvalue weighted by atomic mass is 10.2. The van der Waals surface area contributed by atoms with Crippen molar-refractivity contribution in [2.45, 2.75) is 25.9 Å². The summed E-state index contributed by atoms with van der Waals surface area (Å²) in [5.74, 6) is 0. The number of nitrogens with one attached hydrogen (secondary N) is 1. The van der Waals surface area contributed by atoms with Crippen molar-refractivity contribution < 1.29 is 9.84 Å². The number of nitrogens with zero attached hydrogens (tertiary/aromatic N) is 2. The van der Waals surface area contributed by atoms with Crippen LogP contribution < -0.4 is 5.32 Å². The van der Waals surface area contributed by atoms with Gasteiger partial charge in [-0.25, -0.2) is 0 Å². The Morgan fingerprint density at radius 3 is 2.88 bits per heavy atom. The van der Waals surface area contributed by atoms with Gasteiger partial charge in [0.15, 0.2) is 0 Å². The number of hydrogen-bond acceptors (Lipinski definition) is 4. The highest BCUT2D eigenvalue weighted by atomic mass is 16.5. The number of aryl methyl sites for hydroxylation is 1. The molecule has 1 atom stereocenters. The molecule has 1 aromatic heterocycles. The minimum absolute atomic E-state index is 0.174. The van der Waals surface area contributed by atoms with Gasteiger partial charge in [-0.05, 0) is 13.3 Å². The minimum atomic E-state index is 0.174. The maximum Gasteiger partial charge on any atom is 0.0616 e. The van der Waals surface area contributed by atoms with Gasteiger partial charge in [0, 0.05) is 44.6 Å². The SMILES string of the molecule is COCC(CCO)NCc1cnn(C)c1C. The largest absolute Gasteiger partial charge is 0.396 e. The van der Waals surface area contributed by atoms with E-state index in [1.807, 2.05) is 24.9 Å². The summed E-state index contributed by atoms with van der Waals surface area (Å²) in [6.45, 7) is 3.59. The van der Waals surface area contributed by atoms with Gasteiger partial charge in [-0.2, -0.15) is 5.10 Å². The number of ether oxygens (including phenoxy) is 1. The predicted octanol–water partition coefficient (Wildman–Crippen LogP) is 0.216. The van der Waals surface area contributed by atoms with Gasteiger partial charge in [-0.15, -0.1) is 0 Å². The molecule has 0 radical (unpaired) electrons. The maximum atomic E-state index is 8.91. The van der Waals surface area contributed by atoms with Crippen molar-refractivity contribution >= 4 is 0 Å². The Hall–Kier alpha value is -0.910. The first kappa shape index (κ1) is 13.2. The number of hydrogen-bond donors (Lipinski definition) is 2. The zero-order valence-corrected chi connectivity index (χ0v) is 10.2. The van der Waals surface area contributed by atoms with E-state index in [0.717, 1.165) is 12.2 Å². The topological polar surface area (TPSA) is 59.3 Å². The summed E-state index contributed by atoms with van der Waals surface area (Å²) >= 11 is 0. The zero-order valence-electron chi connectivity index (χ0n) is 10.2. The molecule has 0 fully saturated rings. The van der Waals surface area contributed by atoms with E-state index in [0.29, 0.717) is 13.0 Å². The first-order valence-corrected chi connectivity index (χ1v) is 5.49. The summed E-state index contributed by atoms with van der Waals surface area (Å²) in [5, 5.41) is 16.4. The van der Waals surface area contributed by atoms with Crippen molar-refractivity contribution in [1.29, 1.82) is 0 Å². The zero-order chi connectivity index (χ0) is 12.0. The van der Waals surface area contributed by atoms with Gasteiger partial charge < -0.3 is 15.2 Å². The lowest BCUT2D eigenvalue weighted by molar-refractivity contribution is 0.148. The molecular formula is C11H21N3O2. The summed E-state index contributed by atoms with van der Waals surface area (Å²) in [7, 11) is 3.60. The average Bonchev–Trinajstić information content (AvgIpc) is 2.58. The summed E-state index contributed by atoms with van der Waals surface area (Å²) in [6.07, 6.45) is 2.57. The molecule has 5 nitrogen and oxygen atoms in total. The molecule has 1 rings (SSSR count). The van der Waals surface area contributed by atoms with Gasteiger partial charge in [0.25, 0.3) is 0 Å². The molecule has 0 spiro atoms. The standard InChI is InChI=1S/C11H21N3O2/c1-9-10(7-13-14(9)2)6-12-11(4-5-15)8-16-3/h7,11-12,15H,4-6,8H2,1-3H3. The fourth-order valence-corrected chi connectivity index (χ4v) is 1.57. The molecule has 2 N–H and O–H groups in total. The summed E-state index contributed by atoms with van der Waals surface area (Å²) < 4.78 is 6.94. The van der Waals surface area contributed by atoms with Crippen LogP contribution in [0.4, 0.5) is 0 Å². The van der Waals surface area contributed by atoms with Crippen LogP contribution in [0.25, 0.3) is 0 Å². The fraction of sp³-hybridized carbons (Fsp3) is 0.727. The summed E-state index contributed by atoms with van der Waals surface area (Å²) in [6, 6.07) is 0.189. The van der Waals surface area contributed by atoms with Crippen molar-refractivity contribution in [2.75, 3.05) is 20.3 Å². The van der Waals surface area contributed by atoms with Crippen molar-refractivity contribution in [3.05, 3.63) is 17.5 Å². The Labute approximate surface area is 96.4 Å². The van der Waals surface area contributed by atoms with Crippen molar-refractivity contribution in [3.8, 4) is 0 Å². The smallest absolute Gasteiger partial charge is 0.0616 e. The third-order valence-electron chi connectivity index (χ3n) is 2.76. The third-order valence-corrected chi connectivity index (χ3v) is 2.76. The summed E-state index contributed by atoms with van der Waals surface area (Å²) in [4.78, 5) is 0. The fourth-order valence-electron chi connectivity index (χ4n) is 1.57. The minimum Gasteiger partial charge on any atom is -0.396 e. The van der Waals surface area contributed by atoms with Crippen LogP contribution >= 0.6 is 0 Å². The first-order valence-electron chi connectivity index (χ1n) is 5.49. The quantitative estimate of drug-likeness (QED) is 0.699. The molecule has 0 saturated carbocycles. The van der Waals surface area contributed by atoms with E-state index >= 15 is 0 Å². The number of aliphatic hydroxyl groups is 1. The van der Waals surface area contributed by atoms with E-state index in [9.17, 15) is 0 Å². The van der Waals surface area contributed by atoms with E-state index < -0.39 is 0 Å². The van der Waals surface area contributed by atoms with Gasteiger partial charge in [0.2, 0.25) is 0 Å². The second kappa shape index (κ2) is 6.62. The van der Waals surface area contributed by atoms with Crippen LogP contribution in [0.2, 0.25) is 0 Å². The highest BCUT2D eigenvalue weighted by molar-refractivity contribution is 5.15. The Balaban J connectivity index is 2.45. The second-order valence-corrected chi connectivity index (χ2v) is 3.92. The normalized spacial score (nSPS) is 13.0. The molecule has 92 valence electrons. The molecule has 1 unspecified atom stereocenters. The van der Waals surface area contributed by atoms with Gasteiger partial charge >= 0.3 is 0 Å². The molecule has 0 bridgehead atoms. The maximum absolute atomic E-state index is 8.91. The molecule has 5 heteroatoms. The van der Waals surface area contributed by atoms with Crippen molar-refractivity contribution in [2.24, 2.45) is 7.05 Å². The van der Waals surface area contributed by atoms with E-state index in [4.69, 9.17) is 9.84 Å². The van der Waals surface area contributed by atoms with E-state index in [-0.39, 0.29) is 12.6 Å². The van der Waals surface area contributed by atoms with Crippen LogP contribution in [0, 0.1) is 6.92 Å². The van der Waals surface area contributed by atoms with Crippen LogP contribution in [-0.2, 0) is 18.3 Å². The Bertz CT molecular complexity index is 306. The van der Waals surface area contributed by atoms with Gasteiger partial charge in [-0.3, -0.25) is 4.68 Å². The van der Waals surface area contributed by atoms with Crippen LogP contribution in [-0.4, -0.2) is 41.3 Å². The van der Waals surface area contributed by atoms with E-state index in [1.165, 1.54) is 5.56 Å². The van der Waals surface area contributed by atoms with Crippen molar-refractivity contribution in [1.82, 2.24) is 15.1 Å². The molecular weight excluding hydrogens is 206 g/mol. The number of aliphatic hydroxyl groups excluding tert-OH is 1. The van der Waals surface area contributed by atoms with E-state index in [2.05, 4.69) is 10.4 Å². The Morgan fingerprint density at radius 2 is 2.38 bits per heavy atom. The molecule has 16 heavy (non-hydrogen) atoms. The number of aromatic nitrogens is 2. The molecule has 0 amide bonds. The summed E-state index contributed by atoms with van der Waals surface area (Å²) in [5.41, 5.74) is 2.34. The third kappa shape index (κ3) is 3.59. The van der Waals surface area contributed by atoms with E-state index in [1.54, 1.807) is 7.11 Å². The number of rotatable bonds is 7. The number of methoxy groups -OCH3 is 1. The van der Waals surface area contributed by atoms with Crippen molar-refractivity contribution in [3.63, 3.8) is 0 Å². The average molecular weight is 227 g/mol. The monoisotopic (exact) mass is 227 g/mol. The highest BCUT2D eigenvalue weighted by Crippen LogP contribution is 2.05.